The first-order chi connectivity index (χ1) is 26.3. The standard InChI is InChI=1S/C34H22N6O12S4.4Na/c41-53(42,43)29-5-1-3-25-23(29)13-15-27-33(25)37-39(35-27)21-11-9-19(31(17-21)55(47,48)49)7-8-20-10-12-22(18-32(20)56(50,51)52)40-36-28-16-14-24-26(34(28)38-40)4-2-6-30(24)54(44,45)46;;;;/h1-18H,(H,41,42,43)(H,44,45,46)(H,47,48,49)(H,50,51,52);;;;/q;4*+1/p-4. The molecule has 26 heteroatoms. The Morgan fingerprint density at radius 3 is 1.08 bits per heavy atom. The average Bonchev–Trinajstić information content (AvgIpc) is 3.77. The summed E-state index contributed by atoms with van der Waals surface area (Å²) in [5, 5.41) is 18.0. The molecule has 0 aliphatic carbocycles. The van der Waals surface area contributed by atoms with Gasteiger partial charge in [-0.3, -0.25) is 0 Å². The second-order valence-corrected chi connectivity index (χ2v) is 17.5. The van der Waals surface area contributed by atoms with E-state index >= 15 is 0 Å². The monoisotopic (exact) mass is 922 g/mol. The second kappa shape index (κ2) is 18.6. The molecule has 0 amide bonds. The van der Waals surface area contributed by atoms with E-state index in [1.807, 2.05) is 0 Å². The molecule has 0 bridgehead atoms. The molecule has 0 radical (unpaired) electrons. The molecule has 0 unspecified atom stereocenters. The van der Waals surface area contributed by atoms with Crippen LogP contribution in [0.2, 0.25) is 0 Å². The van der Waals surface area contributed by atoms with E-state index in [1.54, 1.807) is 0 Å². The first kappa shape index (κ1) is 50.7. The summed E-state index contributed by atoms with van der Waals surface area (Å²) in [6.45, 7) is 0. The Balaban J connectivity index is 0.00000198. The molecule has 0 atom stereocenters. The number of aromatic nitrogens is 6. The maximum atomic E-state index is 12.4. The Hall–Kier alpha value is -1.98. The average molecular weight is 923 g/mol. The molecule has 0 saturated carbocycles. The molecular weight excluding hydrogens is 905 g/mol. The molecule has 18 nitrogen and oxygen atoms in total. The Labute approximate surface area is 429 Å². The van der Waals surface area contributed by atoms with E-state index in [1.165, 1.54) is 72.8 Å². The third-order valence-electron chi connectivity index (χ3n) is 8.71. The van der Waals surface area contributed by atoms with Crippen molar-refractivity contribution in [1.29, 1.82) is 0 Å². The van der Waals surface area contributed by atoms with Gasteiger partial charge < -0.3 is 18.2 Å². The maximum Gasteiger partial charge on any atom is 1.00 e. The quantitative estimate of drug-likeness (QED) is 0.0777. The predicted octanol–water partition coefficient (Wildman–Crippen LogP) is -8.74. The van der Waals surface area contributed by atoms with Crippen LogP contribution in [-0.4, -0.2) is 81.9 Å². The zero-order valence-electron chi connectivity index (χ0n) is 31.6. The van der Waals surface area contributed by atoms with Crippen molar-refractivity contribution in [2.24, 2.45) is 0 Å². The first-order valence-corrected chi connectivity index (χ1v) is 21.3. The zero-order chi connectivity index (χ0) is 39.9. The molecule has 0 aliphatic heterocycles. The first-order valence-electron chi connectivity index (χ1n) is 15.7. The summed E-state index contributed by atoms with van der Waals surface area (Å²) >= 11 is 0. The van der Waals surface area contributed by atoms with E-state index in [0.717, 1.165) is 46.0 Å². The van der Waals surface area contributed by atoms with Gasteiger partial charge in [0.25, 0.3) is 0 Å². The number of fused-ring (bicyclic) bond motifs is 6. The smallest absolute Gasteiger partial charge is 0.744 e. The molecule has 0 spiro atoms. The van der Waals surface area contributed by atoms with Gasteiger partial charge in [-0.25, -0.2) is 33.7 Å². The van der Waals surface area contributed by atoms with Crippen LogP contribution in [0, 0.1) is 0 Å². The minimum Gasteiger partial charge on any atom is -0.744 e. The summed E-state index contributed by atoms with van der Waals surface area (Å²) in [4.78, 5) is -0.442. The van der Waals surface area contributed by atoms with Gasteiger partial charge in [0, 0.05) is 21.5 Å². The van der Waals surface area contributed by atoms with Crippen LogP contribution in [0.3, 0.4) is 0 Å². The zero-order valence-corrected chi connectivity index (χ0v) is 42.9. The fourth-order valence-electron chi connectivity index (χ4n) is 6.26. The van der Waals surface area contributed by atoms with Crippen molar-refractivity contribution >= 4 is 96.2 Å². The third kappa shape index (κ3) is 9.88. The fraction of sp³-hybridized carbons (Fsp3) is 0. The SMILES string of the molecule is O=S(=O)([O-])c1cc(-n2nc3ccc4c(S(=O)(=O)[O-])cccc4c3n2)ccc1C=Cc1ccc(-n2nc3ccc4c(S(=O)(=O)[O-])cccc4c3n2)cc1S(=O)(=O)[O-].[Na+].[Na+].[Na+].[Na+]. The van der Waals surface area contributed by atoms with E-state index in [2.05, 4.69) is 20.4 Å². The second-order valence-electron chi connectivity index (χ2n) is 12.1. The summed E-state index contributed by atoms with van der Waals surface area (Å²) in [7, 11) is -20.1. The summed E-state index contributed by atoms with van der Waals surface area (Å²) in [6.07, 6.45) is 2.22. The molecule has 8 aromatic rings. The summed E-state index contributed by atoms with van der Waals surface area (Å²) < 4.78 is 145. The molecule has 8 rings (SSSR count). The molecular formula is C34H18N6Na4O12S4. The Morgan fingerprint density at radius 2 is 0.750 bits per heavy atom. The number of benzene rings is 6. The van der Waals surface area contributed by atoms with Crippen LogP contribution >= 0.6 is 0 Å². The van der Waals surface area contributed by atoms with E-state index in [9.17, 15) is 51.9 Å². The van der Waals surface area contributed by atoms with Crippen LogP contribution in [0.15, 0.2) is 117 Å². The molecule has 2 aromatic heterocycles. The van der Waals surface area contributed by atoms with Gasteiger partial charge in [-0.05, 0) is 59.7 Å². The van der Waals surface area contributed by atoms with Crippen molar-refractivity contribution in [3.8, 4) is 11.4 Å². The fourth-order valence-corrected chi connectivity index (χ4v) is 9.03. The minimum absolute atomic E-state index is 0. The van der Waals surface area contributed by atoms with Crippen LogP contribution in [-0.2, 0) is 40.5 Å². The van der Waals surface area contributed by atoms with Crippen molar-refractivity contribution < 1.29 is 170 Å². The molecule has 0 aliphatic rings. The third-order valence-corrected chi connectivity index (χ3v) is 12.3. The minimum atomic E-state index is -5.20. The van der Waals surface area contributed by atoms with Gasteiger partial charge in [-0.1, -0.05) is 60.7 Å². The molecule has 2 heterocycles. The van der Waals surface area contributed by atoms with Crippen molar-refractivity contribution in [3.05, 3.63) is 108 Å². The van der Waals surface area contributed by atoms with Gasteiger partial charge in [0.2, 0.25) is 0 Å². The van der Waals surface area contributed by atoms with Crippen molar-refractivity contribution in [2.75, 3.05) is 0 Å². The van der Waals surface area contributed by atoms with Gasteiger partial charge in [0.05, 0.1) is 31.0 Å². The summed E-state index contributed by atoms with van der Waals surface area (Å²) in [6, 6.07) is 20.7. The molecule has 0 saturated heterocycles. The van der Waals surface area contributed by atoms with Gasteiger partial charge in [0.15, 0.2) is 0 Å². The summed E-state index contributed by atoms with van der Waals surface area (Å²) in [5.41, 5.74) is 0.458. The van der Waals surface area contributed by atoms with Gasteiger partial charge >= 0.3 is 118 Å². The maximum absolute atomic E-state index is 12.4. The van der Waals surface area contributed by atoms with Crippen LogP contribution in [0.1, 0.15) is 11.1 Å². The topological polar surface area (TPSA) is 290 Å². The Morgan fingerprint density at radius 1 is 0.400 bits per heavy atom. The van der Waals surface area contributed by atoms with E-state index < -0.39 is 60.1 Å². The van der Waals surface area contributed by atoms with Crippen molar-refractivity contribution in [2.45, 2.75) is 19.6 Å². The number of nitrogens with zero attached hydrogens (tertiary/aromatic N) is 6. The molecule has 284 valence electrons. The van der Waals surface area contributed by atoms with Crippen LogP contribution in [0.5, 0.6) is 0 Å². The number of hydrogen-bond acceptors (Lipinski definition) is 16. The van der Waals surface area contributed by atoms with Crippen molar-refractivity contribution in [1.82, 2.24) is 30.0 Å². The number of rotatable bonds is 8. The van der Waals surface area contributed by atoms with E-state index in [4.69, 9.17) is 0 Å². The van der Waals surface area contributed by atoms with Gasteiger partial charge in [0.1, 0.15) is 62.5 Å². The van der Waals surface area contributed by atoms with E-state index in [0.29, 0.717) is 0 Å². The van der Waals surface area contributed by atoms with Crippen LogP contribution < -0.4 is 118 Å². The van der Waals surface area contributed by atoms with Crippen LogP contribution in [0.25, 0.3) is 67.1 Å². The van der Waals surface area contributed by atoms with Crippen LogP contribution in [0.4, 0.5) is 0 Å². The predicted molar refractivity (Wildman–Crippen MR) is 194 cm³/mol. The molecule has 0 N–H and O–H groups in total. The molecule has 0 fully saturated rings. The van der Waals surface area contributed by atoms with Crippen molar-refractivity contribution in [3.63, 3.8) is 0 Å². The van der Waals surface area contributed by atoms with Gasteiger partial charge in [-0.15, -0.1) is 20.4 Å². The van der Waals surface area contributed by atoms with Gasteiger partial charge in [-0.2, -0.15) is 9.59 Å². The molecule has 60 heavy (non-hydrogen) atoms. The summed E-state index contributed by atoms with van der Waals surface area (Å²) in [5.74, 6) is 0. The Kier molecular flexibility index (Phi) is 15.7. The van der Waals surface area contributed by atoms with E-state index in [-0.39, 0.29) is 184 Å². The Bertz CT molecular complexity index is 3280. The normalized spacial score (nSPS) is 12.3. The largest absolute Gasteiger partial charge is 1.00 e. The molecule has 6 aromatic carbocycles. The number of hydrogen-bond donors (Lipinski definition) is 0.